The molecule has 1 heterocycles. The first-order valence-corrected chi connectivity index (χ1v) is 11.7. The summed E-state index contributed by atoms with van der Waals surface area (Å²) in [6, 6.07) is 0. The SMILES string of the molecule is C=O.CCC(C(=O)Nc1c(C)csc1C(C)=O)[P+](CC)(CC)CC.[Y]. The van der Waals surface area contributed by atoms with Crippen LogP contribution in [0.2, 0.25) is 0 Å². The molecule has 0 saturated heterocycles. The van der Waals surface area contributed by atoms with E-state index < -0.39 is 7.26 Å². The first-order chi connectivity index (χ1) is 11.4. The molecule has 0 spiro atoms. The minimum absolute atomic E-state index is 0. The minimum Gasteiger partial charge on any atom is -0.321 e. The zero-order valence-corrected chi connectivity index (χ0v) is 20.9. The van der Waals surface area contributed by atoms with E-state index >= 15 is 0 Å². The second-order valence-corrected chi connectivity index (χ2v) is 11.6. The van der Waals surface area contributed by atoms with Crippen LogP contribution in [0.1, 0.15) is 56.3 Å². The molecule has 1 aromatic heterocycles. The third-order valence-electron chi connectivity index (χ3n) is 4.78. The van der Waals surface area contributed by atoms with Crippen molar-refractivity contribution in [2.45, 2.75) is 53.6 Å². The maximum Gasteiger partial charge on any atom is 0.265 e. The van der Waals surface area contributed by atoms with Crippen molar-refractivity contribution in [3.63, 3.8) is 0 Å². The van der Waals surface area contributed by atoms with Gasteiger partial charge < -0.3 is 10.1 Å². The number of amides is 1. The van der Waals surface area contributed by atoms with Gasteiger partial charge in [-0.25, -0.2) is 0 Å². The van der Waals surface area contributed by atoms with Gasteiger partial charge in [-0.2, -0.15) is 0 Å². The molecule has 0 aliphatic rings. The van der Waals surface area contributed by atoms with Gasteiger partial charge >= 0.3 is 0 Å². The predicted octanol–water partition coefficient (Wildman–Crippen LogP) is 4.87. The molecule has 0 saturated carbocycles. The number of nitrogens with one attached hydrogen (secondary N) is 1. The second-order valence-electron chi connectivity index (χ2n) is 5.76. The van der Waals surface area contributed by atoms with E-state index in [1.54, 1.807) is 6.92 Å². The number of hydrogen-bond acceptors (Lipinski definition) is 4. The third-order valence-corrected chi connectivity index (χ3v) is 11.7. The summed E-state index contributed by atoms with van der Waals surface area (Å²) in [5.74, 6) is 0.120. The maximum atomic E-state index is 12.9. The Balaban J connectivity index is 0. The van der Waals surface area contributed by atoms with Crippen molar-refractivity contribution < 1.29 is 47.1 Å². The van der Waals surface area contributed by atoms with Crippen LogP contribution in [-0.4, -0.2) is 42.6 Å². The summed E-state index contributed by atoms with van der Waals surface area (Å²) in [7, 11) is -1.27. The number of thiophene rings is 1. The summed E-state index contributed by atoms with van der Waals surface area (Å²) < 4.78 is 0. The van der Waals surface area contributed by atoms with Crippen molar-refractivity contribution in [2.75, 3.05) is 23.8 Å². The zero-order valence-electron chi connectivity index (χ0n) is 16.3. The van der Waals surface area contributed by atoms with E-state index in [4.69, 9.17) is 4.79 Å². The van der Waals surface area contributed by atoms with Gasteiger partial charge in [0.1, 0.15) is 12.4 Å². The largest absolute Gasteiger partial charge is 0.321 e. The molecule has 1 atom stereocenters. The molecule has 25 heavy (non-hydrogen) atoms. The van der Waals surface area contributed by atoms with E-state index in [-0.39, 0.29) is 50.1 Å². The van der Waals surface area contributed by atoms with Crippen LogP contribution in [0.3, 0.4) is 0 Å². The molecule has 4 nitrogen and oxygen atoms in total. The Kier molecular flexibility index (Phi) is 14.4. The monoisotopic (exact) mass is 461 g/mol. The molecular weight excluding hydrogens is 430 g/mol. The normalized spacial score (nSPS) is 11.6. The molecule has 0 bridgehead atoms. The Hall–Kier alpha value is 0.0439. The molecule has 0 fully saturated rings. The van der Waals surface area contributed by atoms with Crippen LogP contribution in [0.25, 0.3) is 0 Å². The number of Topliss-reactive ketones (excluding diaryl/α,β-unsaturated/α-hetero) is 1. The van der Waals surface area contributed by atoms with Gasteiger partial charge in [0.25, 0.3) is 5.91 Å². The van der Waals surface area contributed by atoms with E-state index in [0.29, 0.717) is 4.88 Å². The fourth-order valence-corrected chi connectivity index (χ4v) is 8.13. The van der Waals surface area contributed by atoms with Gasteiger partial charge in [-0.15, -0.1) is 11.3 Å². The van der Waals surface area contributed by atoms with Crippen LogP contribution >= 0.6 is 18.6 Å². The summed E-state index contributed by atoms with van der Waals surface area (Å²) in [6.07, 6.45) is 4.18. The molecule has 1 radical (unpaired) electrons. The minimum atomic E-state index is -1.27. The molecule has 1 unspecified atom stereocenters. The summed E-state index contributed by atoms with van der Waals surface area (Å²) in [4.78, 5) is 33.3. The average molecular weight is 461 g/mol. The van der Waals surface area contributed by atoms with Gasteiger partial charge in [0.2, 0.25) is 0 Å². The van der Waals surface area contributed by atoms with Gasteiger partial charge in [0.15, 0.2) is 5.78 Å². The van der Waals surface area contributed by atoms with Gasteiger partial charge in [-0.05, 0) is 45.1 Å². The number of anilines is 1. The molecular formula is C18H31NO3PSY+. The smallest absolute Gasteiger partial charge is 0.265 e. The Morgan fingerprint density at radius 3 is 2.00 bits per heavy atom. The Morgan fingerprint density at radius 1 is 1.16 bits per heavy atom. The summed E-state index contributed by atoms with van der Waals surface area (Å²) >= 11 is 1.42. The van der Waals surface area contributed by atoms with Crippen molar-refractivity contribution >= 4 is 42.8 Å². The van der Waals surface area contributed by atoms with E-state index in [1.165, 1.54) is 11.3 Å². The van der Waals surface area contributed by atoms with Crippen LogP contribution in [0.5, 0.6) is 0 Å². The number of aryl methyl sites for hydroxylation is 1. The van der Waals surface area contributed by atoms with Crippen molar-refractivity contribution in [1.82, 2.24) is 0 Å². The van der Waals surface area contributed by atoms with Crippen LogP contribution in [-0.2, 0) is 42.3 Å². The topological polar surface area (TPSA) is 63.2 Å². The Bertz CT molecular complexity index is 550. The first-order valence-electron chi connectivity index (χ1n) is 8.41. The summed E-state index contributed by atoms with van der Waals surface area (Å²) in [5, 5.41) is 5.02. The Labute approximate surface area is 182 Å². The standard InChI is InChI=1S/C17H28NO2PS.CH2O.Y/c1-7-14(21(8-2,9-3)10-4)17(20)18-15-12(5)11-22-16(15)13(6)19;1-2;/h11,14H,7-10H2,1-6H3;1H2;/p+1. The number of carbonyl (C=O) groups excluding carboxylic acids is 3. The molecule has 139 valence electrons. The molecule has 0 aliphatic heterocycles. The number of hydrogen-bond donors (Lipinski definition) is 1. The number of ketones is 1. The van der Waals surface area contributed by atoms with E-state index in [1.807, 2.05) is 19.1 Å². The van der Waals surface area contributed by atoms with Crippen molar-refractivity contribution in [3.8, 4) is 0 Å². The predicted molar refractivity (Wildman–Crippen MR) is 107 cm³/mol. The quantitative estimate of drug-likeness (QED) is 0.444. The number of rotatable bonds is 8. The molecule has 0 aliphatic carbocycles. The van der Waals surface area contributed by atoms with Crippen LogP contribution in [0.4, 0.5) is 5.69 Å². The molecule has 1 amide bonds. The summed E-state index contributed by atoms with van der Waals surface area (Å²) in [5.41, 5.74) is 1.79. The fraction of sp³-hybridized carbons (Fsp3) is 0.611. The van der Waals surface area contributed by atoms with Crippen LogP contribution in [0.15, 0.2) is 5.38 Å². The van der Waals surface area contributed by atoms with Crippen LogP contribution in [0, 0.1) is 6.92 Å². The third kappa shape index (κ3) is 6.61. The molecule has 1 aromatic rings. The number of carbonyl (C=O) groups is 3. The summed E-state index contributed by atoms with van der Waals surface area (Å²) in [6.45, 7) is 14.3. The van der Waals surface area contributed by atoms with Gasteiger partial charge in [0, 0.05) is 46.9 Å². The van der Waals surface area contributed by atoms with E-state index in [9.17, 15) is 9.59 Å². The molecule has 0 aromatic carbocycles. The average Bonchev–Trinajstić information content (AvgIpc) is 2.95. The Morgan fingerprint density at radius 2 is 1.64 bits per heavy atom. The van der Waals surface area contributed by atoms with Gasteiger partial charge in [0.05, 0.1) is 29.1 Å². The molecule has 1 N–H and O–H groups in total. The van der Waals surface area contributed by atoms with E-state index in [0.717, 1.165) is 36.2 Å². The van der Waals surface area contributed by atoms with Crippen LogP contribution < -0.4 is 5.32 Å². The molecule has 7 heteroatoms. The second kappa shape index (κ2) is 13.2. The van der Waals surface area contributed by atoms with Gasteiger partial charge in [-0.1, -0.05) is 6.92 Å². The maximum absolute atomic E-state index is 12.9. The first kappa shape index (κ1) is 27.3. The van der Waals surface area contributed by atoms with Crippen molar-refractivity contribution in [1.29, 1.82) is 0 Å². The van der Waals surface area contributed by atoms with Crippen molar-refractivity contribution in [3.05, 3.63) is 15.8 Å². The van der Waals surface area contributed by atoms with Gasteiger partial charge in [-0.3, -0.25) is 9.59 Å². The molecule has 1 rings (SSSR count). The van der Waals surface area contributed by atoms with E-state index in [2.05, 4.69) is 33.0 Å². The van der Waals surface area contributed by atoms with Crippen molar-refractivity contribution in [2.24, 2.45) is 0 Å². The fourth-order valence-electron chi connectivity index (χ4n) is 3.22. The zero-order chi connectivity index (χ0) is 18.9.